The van der Waals surface area contributed by atoms with Gasteiger partial charge >= 0.3 is 18.1 Å². The van der Waals surface area contributed by atoms with Crippen LogP contribution in [0.25, 0.3) is 5.57 Å². The maximum Gasteiger partial charge on any atom is 0.402 e. The minimum atomic E-state index is -4.69. The van der Waals surface area contributed by atoms with Crippen molar-refractivity contribution >= 4 is 29.1 Å². The second-order valence-electron chi connectivity index (χ2n) is 13.1. The summed E-state index contributed by atoms with van der Waals surface area (Å²) in [5, 5.41) is 17.4. The Kier molecular flexibility index (Phi) is 11.2. The van der Waals surface area contributed by atoms with Crippen LogP contribution in [0.15, 0.2) is 109 Å². The molecule has 2 aliphatic carbocycles. The molecule has 0 saturated heterocycles. The lowest BCUT2D eigenvalue weighted by atomic mass is 9.78. The highest BCUT2D eigenvalue weighted by molar-refractivity contribution is 6.23. The molecule has 0 bridgehead atoms. The van der Waals surface area contributed by atoms with E-state index in [2.05, 4.69) is 9.88 Å². The number of fused-ring (bicyclic) bond motifs is 1. The molecule has 270 valence electrons. The largest absolute Gasteiger partial charge is 0.492 e. The standard InChI is InChI=1S/C41H38ClF3N2O5/c42-37-25-31(28-7-2-1-3-8-28)19-22-40(37,41(43,44)45)26-52-36-12-5-4-9-29(36)21-24-47(23-20-27-13-15-30(16-14-27)38(48)49)35-11-6-10-33-32(35)17-18-34(46-33)39(50)51/h1-5,7-9,12-19,22,25,35,37H,6,10-11,20-21,23-24,26H2,(H,48,49)(H,50,51)/t35-,37?,40?/m0/s1. The van der Waals surface area contributed by atoms with Gasteiger partial charge in [-0.15, -0.1) is 11.6 Å². The van der Waals surface area contributed by atoms with Crippen molar-refractivity contribution in [1.29, 1.82) is 0 Å². The average Bonchev–Trinajstić information content (AvgIpc) is 3.14. The molecule has 0 amide bonds. The molecule has 52 heavy (non-hydrogen) atoms. The zero-order valence-electron chi connectivity index (χ0n) is 28.2. The van der Waals surface area contributed by atoms with Gasteiger partial charge < -0.3 is 14.9 Å². The van der Waals surface area contributed by atoms with Crippen LogP contribution in [-0.2, 0) is 19.3 Å². The third-order valence-electron chi connectivity index (χ3n) is 9.93. The summed E-state index contributed by atoms with van der Waals surface area (Å²) in [6.07, 6.45) is 2.67. The van der Waals surface area contributed by atoms with Gasteiger partial charge in [0.2, 0.25) is 0 Å². The van der Waals surface area contributed by atoms with E-state index in [4.69, 9.17) is 16.3 Å². The highest BCUT2D eigenvalue weighted by Gasteiger charge is 2.58. The van der Waals surface area contributed by atoms with Gasteiger partial charge in [-0.3, -0.25) is 4.90 Å². The molecule has 6 rings (SSSR count). The van der Waals surface area contributed by atoms with Crippen molar-refractivity contribution in [1.82, 2.24) is 9.88 Å². The number of hydrogen-bond acceptors (Lipinski definition) is 5. The van der Waals surface area contributed by atoms with E-state index < -0.39 is 35.5 Å². The number of benzene rings is 3. The van der Waals surface area contributed by atoms with E-state index in [9.17, 15) is 33.0 Å². The Morgan fingerprint density at radius 1 is 0.904 bits per heavy atom. The molecule has 0 radical (unpaired) electrons. The first-order valence-electron chi connectivity index (χ1n) is 17.1. The molecule has 0 saturated carbocycles. The highest BCUT2D eigenvalue weighted by Crippen LogP contribution is 2.49. The number of carboxylic acid groups (broad SMARTS) is 2. The molecule has 1 heterocycles. The predicted octanol–water partition coefficient (Wildman–Crippen LogP) is 8.83. The normalized spacial score (nSPS) is 19.9. The fourth-order valence-electron chi connectivity index (χ4n) is 6.93. The first-order valence-corrected chi connectivity index (χ1v) is 17.6. The van der Waals surface area contributed by atoms with E-state index >= 15 is 0 Å². The molecule has 11 heteroatoms. The Balaban J connectivity index is 1.22. The number of aryl methyl sites for hydroxylation is 1. The molecular formula is C41H38ClF3N2O5. The smallest absolute Gasteiger partial charge is 0.402 e. The third-order valence-corrected chi connectivity index (χ3v) is 10.4. The summed E-state index contributed by atoms with van der Waals surface area (Å²) >= 11 is 6.54. The third kappa shape index (κ3) is 8.08. The Morgan fingerprint density at radius 2 is 1.62 bits per heavy atom. The lowest BCUT2D eigenvalue weighted by Crippen LogP contribution is -2.48. The molecule has 7 nitrogen and oxygen atoms in total. The van der Waals surface area contributed by atoms with Crippen molar-refractivity contribution < 1.29 is 37.7 Å². The van der Waals surface area contributed by atoms with Gasteiger partial charge in [-0.25, -0.2) is 14.6 Å². The van der Waals surface area contributed by atoms with Crippen molar-refractivity contribution in [2.24, 2.45) is 5.41 Å². The number of hydrogen-bond donors (Lipinski definition) is 2. The van der Waals surface area contributed by atoms with Crippen LogP contribution < -0.4 is 4.74 Å². The predicted molar refractivity (Wildman–Crippen MR) is 193 cm³/mol. The fourth-order valence-corrected chi connectivity index (χ4v) is 7.33. The van der Waals surface area contributed by atoms with Gasteiger partial charge in [-0.1, -0.05) is 85.0 Å². The molecule has 0 spiro atoms. The second kappa shape index (κ2) is 15.8. The number of nitrogens with zero attached hydrogens (tertiary/aromatic N) is 2. The number of carbonyl (C=O) groups is 2. The van der Waals surface area contributed by atoms with Crippen LogP contribution in [0.2, 0.25) is 0 Å². The number of aromatic nitrogens is 1. The summed E-state index contributed by atoms with van der Waals surface area (Å²) in [6.45, 7) is 0.399. The number of para-hydroxylation sites is 1. The van der Waals surface area contributed by atoms with Gasteiger partial charge in [-0.05, 0) is 84.2 Å². The van der Waals surface area contributed by atoms with Crippen molar-refractivity contribution in [3.63, 3.8) is 0 Å². The first-order chi connectivity index (χ1) is 24.9. The summed E-state index contributed by atoms with van der Waals surface area (Å²) in [5.74, 6) is -1.76. The van der Waals surface area contributed by atoms with Gasteiger partial charge in [0, 0.05) is 24.8 Å². The number of aromatic carboxylic acids is 2. The number of ether oxygens (including phenoxy) is 1. The van der Waals surface area contributed by atoms with Crippen LogP contribution in [0, 0.1) is 5.41 Å². The summed E-state index contributed by atoms with van der Waals surface area (Å²) < 4.78 is 50.4. The Bertz CT molecular complexity index is 1970. The van der Waals surface area contributed by atoms with Crippen LogP contribution in [0.5, 0.6) is 5.75 Å². The second-order valence-corrected chi connectivity index (χ2v) is 13.6. The van der Waals surface area contributed by atoms with Gasteiger partial charge in [0.05, 0.1) is 10.9 Å². The molecule has 2 unspecified atom stereocenters. The average molecular weight is 731 g/mol. The number of allylic oxidation sites excluding steroid dienone is 3. The number of carboxylic acids is 2. The monoisotopic (exact) mass is 730 g/mol. The van der Waals surface area contributed by atoms with Crippen molar-refractivity contribution in [3.8, 4) is 5.75 Å². The van der Waals surface area contributed by atoms with E-state index in [1.165, 1.54) is 18.2 Å². The van der Waals surface area contributed by atoms with Crippen LogP contribution >= 0.6 is 11.6 Å². The number of pyridine rings is 1. The summed E-state index contributed by atoms with van der Waals surface area (Å²) in [7, 11) is 0. The van der Waals surface area contributed by atoms with Crippen LogP contribution in [-0.4, -0.2) is 63.3 Å². The molecule has 1 aromatic heterocycles. The molecule has 4 aromatic rings. The maximum absolute atomic E-state index is 14.8. The summed E-state index contributed by atoms with van der Waals surface area (Å²) in [5.41, 5.74) is 2.50. The van der Waals surface area contributed by atoms with Crippen LogP contribution in [0.4, 0.5) is 13.2 Å². The SMILES string of the molecule is O=C(O)c1ccc(CCN(CCc2ccccc2OCC2(C(F)(F)F)C=CC(c3ccccc3)=CC2Cl)[C@H]2CCCc3nc(C(=O)O)ccc32)cc1. The van der Waals surface area contributed by atoms with Crippen LogP contribution in [0.1, 0.15) is 67.7 Å². The molecule has 0 aliphatic heterocycles. The molecule has 2 aliphatic rings. The van der Waals surface area contributed by atoms with Gasteiger partial charge in [0.15, 0.2) is 0 Å². The van der Waals surface area contributed by atoms with Gasteiger partial charge in [0.25, 0.3) is 0 Å². The van der Waals surface area contributed by atoms with E-state index in [1.807, 2.05) is 48.5 Å². The van der Waals surface area contributed by atoms with E-state index in [-0.39, 0.29) is 17.3 Å². The highest BCUT2D eigenvalue weighted by atomic mass is 35.5. The maximum atomic E-state index is 14.8. The van der Waals surface area contributed by atoms with Crippen LogP contribution in [0.3, 0.4) is 0 Å². The number of halogens is 4. The van der Waals surface area contributed by atoms with Crippen molar-refractivity contribution in [3.05, 3.63) is 148 Å². The van der Waals surface area contributed by atoms with E-state index in [1.54, 1.807) is 36.4 Å². The van der Waals surface area contributed by atoms with E-state index in [0.717, 1.165) is 46.9 Å². The Labute approximate surface area is 305 Å². The molecular weight excluding hydrogens is 693 g/mol. The lowest BCUT2D eigenvalue weighted by molar-refractivity contribution is -0.212. The first kappa shape index (κ1) is 36.8. The molecule has 3 aromatic carbocycles. The molecule has 3 atom stereocenters. The molecule has 0 fully saturated rings. The zero-order chi connectivity index (χ0) is 36.9. The minimum Gasteiger partial charge on any atom is -0.492 e. The van der Waals surface area contributed by atoms with Gasteiger partial charge in [0.1, 0.15) is 23.5 Å². The van der Waals surface area contributed by atoms with Crippen molar-refractivity contribution in [2.45, 2.75) is 49.7 Å². The lowest BCUT2D eigenvalue weighted by Gasteiger charge is -2.38. The minimum absolute atomic E-state index is 0.00838. The van der Waals surface area contributed by atoms with Crippen molar-refractivity contribution in [2.75, 3.05) is 19.7 Å². The summed E-state index contributed by atoms with van der Waals surface area (Å²) in [6, 6.07) is 26.2. The zero-order valence-corrected chi connectivity index (χ0v) is 29.0. The van der Waals surface area contributed by atoms with Gasteiger partial charge in [-0.2, -0.15) is 13.2 Å². The Morgan fingerprint density at radius 3 is 2.31 bits per heavy atom. The molecule has 2 N–H and O–H groups in total. The number of alkyl halides is 4. The summed E-state index contributed by atoms with van der Waals surface area (Å²) in [4.78, 5) is 29.7. The quantitative estimate of drug-likeness (QED) is 0.133. The van der Waals surface area contributed by atoms with E-state index in [0.29, 0.717) is 43.7 Å². The topological polar surface area (TPSA) is 100.0 Å². The fraction of sp³-hybridized carbons (Fsp3) is 0.293. The Hall–Kier alpha value is -4.93. The number of rotatable bonds is 13.